The predicted molar refractivity (Wildman–Crippen MR) is 88.6 cm³/mol. The van der Waals surface area contributed by atoms with Gasteiger partial charge in [0.1, 0.15) is 4.32 Å². The molecule has 0 radical (unpaired) electrons. The molecule has 0 aromatic carbocycles. The minimum absolute atomic E-state index is 0.245. The predicted octanol–water partition coefficient (Wildman–Crippen LogP) is 3.53. The number of ether oxygens (including phenoxy) is 1. The van der Waals surface area contributed by atoms with E-state index in [1.165, 1.54) is 0 Å². The van der Waals surface area contributed by atoms with Crippen LogP contribution in [0.4, 0.5) is 0 Å². The van der Waals surface area contributed by atoms with Gasteiger partial charge in [0, 0.05) is 25.9 Å². The van der Waals surface area contributed by atoms with Crippen molar-refractivity contribution in [2.24, 2.45) is 0 Å². The van der Waals surface area contributed by atoms with E-state index in [0.717, 1.165) is 18.9 Å². The highest BCUT2D eigenvalue weighted by Crippen LogP contribution is 2.20. The molecular formula is C14H29BrO5Si. The van der Waals surface area contributed by atoms with Crippen molar-refractivity contribution in [1.82, 2.24) is 0 Å². The van der Waals surface area contributed by atoms with Crippen molar-refractivity contribution in [2.75, 3.05) is 26.4 Å². The standard InChI is InChI=1S/C14H29BrO5Si/c1-6-18-21(19-7-2,20-8-3)12-10-9-11-17-13(16)14(4,5)15/h6-12H2,1-5H3. The van der Waals surface area contributed by atoms with E-state index in [0.29, 0.717) is 26.4 Å². The molecule has 0 atom stereocenters. The van der Waals surface area contributed by atoms with Gasteiger partial charge in [-0.3, -0.25) is 4.79 Å². The lowest BCUT2D eigenvalue weighted by atomic mass is 10.2. The molecule has 0 aliphatic heterocycles. The van der Waals surface area contributed by atoms with E-state index < -0.39 is 13.1 Å². The van der Waals surface area contributed by atoms with Crippen molar-refractivity contribution < 1.29 is 22.8 Å². The van der Waals surface area contributed by atoms with Crippen molar-refractivity contribution in [3.63, 3.8) is 0 Å². The summed E-state index contributed by atoms with van der Waals surface area (Å²) in [4.78, 5) is 11.6. The molecule has 0 heterocycles. The quantitative estimate of drug-likeness (QED) is 0.223. The molecule has 7 heteroatoms. The molecule has 0 N–H and O–H groups in total. The first-order valence-corrected chi connectivity index (χ1v) is 10.3. The van der Waals surface area contributed by atoms with Gasteiger partial charge in [-0.2, -0.15) is 0 Å². The Labute approximate surface area is 138 Å². The first-order valence-electron chi connectivity index (χ1n) is 7.59. The first-order chi connectivity index (χ1) is 9.81. The number of rotatable bonds is 12. The maximum Gasteiger partial charge on any atom is 0.500 e. The molecule has 0 fully saturated rings. The highest BCUT2D eigenvalue weighted by atomic mass is 79.9. The van der Waals surface area contributed by atoms with E-state index >= 15 is 0 Å². The van der Waals surface area contributed by atoms with Crippen molar-refractivity contribution in [3.05, 3.63) is 0 Å². The molecule has 126 valence electrons. The number of hydrogen-bond acceptors (Lipinski definition) is 5. The van der Waals surface area contributed by atoms with E-state index in [9.17, 15) is 4.79 Å². The fraction of sp³-hybridized carbons (Fsp3) is 0.929. The van der Waals surface area contributed by atoms with Crippen LogP contribution in [0.25, 0.3) is 0 Å². The number of carbonyl (C=O) groups is 1. The average Bonchev–Trinajstić information content (AvgIpc) is 2.38. The van der Waals surface area contributed by atoms with E-state index in [1.807, 2.05) is 20.8 Å². The number of alkyl halides is 1. The second-order valence-corrected chi connectivity index (χ2v) is 9.76. The zero-order valence-electron chi connectivity index (χ0n) is 13.9. The van der Waals surface area contributed by atoms with Gasteiger partial charge in [-0.05, 0) is 47.5 Å². The lowest BCUT2D eigenvalue weighted by Crippen LogP contribution is -2.45. The summed E-state index contributed by atoms with van der Waals surface area (Å²) in [5, 5.41) is 0. The molecule has 5 nitrogen and oxygen atoms in total. The summed E-state index contributed by atoms with van der Waals surface area (Å²) in [6.07, 6.45) is 1.62. The molecule has 21 heavy (non-hydrogen) atoms. The SMILES string of the molecule is CCO[Si](CCCCOC(=O)C(C)(C)Br)(OCC)OCC. The van der Waals surface area contributed by atoms with Crippen LogP contribution in [-0.4, -0.2) is 45.5 Å². The summed E-state index contributed by atoms with van der Waals surface area (Å²) < 4.78 is 21.9. The second-order valence-electron chi connectivity index (χ2n) is 5.05. The molecule has 0 saturated carbocycles. The second kappa shape index (κ2) is 10.7. The lowest BCUT2D eigenvalue weighted by Gasteiger charge is -2.28. The zero-order chi connectivity index (χ0) is 16.4. The molecule has 0 aromatic heterocycles. The number of carbonyl (C=O) groups excluding carboxylic acids is 1. The van der Waals surface area contributed by atoms with Gasteiger partial charge < -0.3 is 18.0 Å². The minimum atomic E-state index is -2.56. The molecule has 0 rings (SSSR count). The van der Waals surface area contributed by atoms with Crippen molar-refractivity contribution in [1.29, 1.82) is 0 Å². The van der Waals surface area contributed by atoms with Crippen LogP contribution in [0, 0.1) is 0 Å². The molecule has 0 aliphatic rings. The van der Waals surface area contributed by atoms with Crippen LogP contribution in [-0.2, 0) is 22.8 Å². The third-order valence-corrected chi connectivity index (χ3v) is 6.16. The summed E-state index contributed by atoms with van der Waals surface area (Å²) in [5.41, 5.74) is 0. The van der Waals surface area contributed by atoms with Crippen molar-refractivity contribution in [3.8, 4) is 0 Å². The molecule has 0 saturated heterocycles. The van der Waals surface area contributed by atoms with Gasteiger partial charge in [0.25, 0.3) is 0 Å². The summed E-state index contributed by atoms with van der Waals surface area (Å²) in [6, 6.07) is 0.748. The van der Waals surface area contributed by atoms with Gasteiger partial charge in [-0.1, -0.05) is 15.9 Å². The normalized spacial score (nSPS) is 12.5. The molecule has 0 spiro atoms. The van der Waals surface area contributed by atoms with Crippen LogP contribution in [0.15, 0.2) is 0 Å². The number of unbranched alkanes of at least 4 members (excludes halogenated alkanes) is 1. The van der Waals surface area contributed by atoms with E-state index in [4.69, 9.17) is 18.0 Å². The molecular weight excluding hydrogens is 356 g/mol. The van der Waals surface area contributed by atoms with Gasteiger partial charge in [0.05, 0.1) is 6.61 Å². The maximum absolute atomic E-state index is 11.6. The molecule has 0 aromatic rings. The fourth-order valence-electron chi connectivity index (χ4n) is 1.78. The van der Waals surface area contributed by atoms with Crippen LogP contribution < -0.4 is 0 Å². The van der Waals surface area contributed by atoms with Crippen LogP contribution in [0.2, 0.25) is 6.04 Å². The molecule has 0 amide bonds. The summed E-state index contributed by atoms with van der Waals surface area (Å²) >= 11 is 3.28. The van der Waals surface area contributed by atoms with Crippen molar-refractivity contribution >= 4 is 30.7 Å². The Kier molecular flexibility index (Phi) is 10.7. The van der Waals surface area contributed by atoms with E-state index in [1.54, 1.807) is 13.8 Å². The van der Waals surface area contributed by atoms with E-state index in [-0.39, 0.29) is 5.97 Å². The Morgan fingerprint density at radius 1 is 1.00 bits per heavy atom. The topological polar surface area (TPSA) is 54.0 Å². The summed E-state index contributed by atoms with van der Waals surface area (Å²) in [5.74, 6) is -0.245. The molecule has 0 aliphatic carbocycles. The number of hydrogen-bond donors (Lipinski definition) is 0. The number of esters is 1. The van der Waals surface area contributed by atoms with Crippen molar-refractivity contribution in [2.45, 2.75) is 57.8 Å². The molecule has 0 unspecified atom stereocenters. The Morgan fingerprint density at radius 3 is 1.86 bits per heavy atom. The van der Waals surface area contributed by atoms with E-state index in [2.05, 4.69) is 15.9 Å². The van der Waals surface area contributed by atoms with Gasteiger partial charge in [-0.25, -0.2) is 0 Å². The maximum atomic E-state index is 11.6. The third-order valence-electron chi connectivity index (χ3n) is 2.69. The van der Waals surface area contributed by atoms with Gasteiger partial charge in [0.15, 0.2) is 0 Å². The highest BCUT2D eigenvalue weighted by Gasteiger charge is 2.39. The average molecular weight is 385 g/mol. The first kappa shape index (κ1) is 21.0. The van der Waals surface area contributed by atoms with Crippen LogP contribution in [0.3, 0.4) is 0 Å². The molecule has 0 bridgehead atoms. The van der Waals surface area contributed by atoms with Gasteiger partial charge in [-0.15, -0.1) is 0 Å². The minimum Gasteiger partial charge on any atom is -0.465 e. The number of halogens is 1. The largest absolute Gasteiger partial charge is 0.500 e. The van der Waals surface area contributed by atoms with Crippen LogP contribution in [0.5, 0.6) is 0 Å². The Morgan fingerprint density at radius 2 is 1.48 bits per heavy atom. The highest BCUT2D eigenvalue weighted by molar-refractivity contribution is 9.10. The fourth-order valence-corrected chi connectivity index (χ4v) is 4.58. The monoisotopic (exact) mass is 384 g/mol. The summed E-state index contributed by atoms with van der Waals surface area (Å²) in [6.45, 7) is 11.5. The van der Waals surface area contributed by atoms with Gasteiger partial charge in [0.2, 0.25) is 0 Å². The third kappa shape index (κ3) is 8.93. The Balaban J connectivity index is 4.16. The van der Waals surface area contributed by atoms with Gasteiger partial charge >= 0.3 is 14.8 Å². The van der Waals surface area contributed by atoms with Crippen LogP contribution in [0.1, 0.15) is 47.5 Å². The Hall–Kier alpha value is 0.0469. The lowest BCUT2D eigenvalue weighted by molar-refractivity contribution is -0.145. The smallest absolute Gasteiger partial charge is 0.465 e. The Bertz CT molecular complexity index is 277. The van der Waals surface area contributed by atoms with Crippen LogP contribution >= 0.6 is 15.9 Å². The summed E-state index contributed by atoms with van der Waals surface area (Å²) in [7, 11) is -2.56. The zero-order valence-corrected chi connectivity index (χ0v) is 16.5.